The Kier molecular flexibility index (Phi) is 7.12. The van der Waals surface area contributed by atoms with Crippen molar-refractivity contribution in [3.8, 4) is 0 Å². The molecule has 170 valence electrons. The number of esters is 1. The largest absolute Gasteiger partial charge is 0.467 e. The van der Waals surface area contributed by atoms with Gasteiger partial charge in [-0.2, -0.15) is 4.72 Å². The highest BCUT2D eigenvalue weighted by Gasteiger charge is 2.22. The highest BCUT2D eigenvalue weighted by molar-refractivity contribution is 7.89. The molecule has 0 unspecified atom stereocenters. The number of nitro benzene ring substituents is 1. The molecule has 3 rings (SSSR count). The number of aromatic nitrogens is 2. The Hall–Kier alpha value is -3.42. The first-order valence-corrected chi connectivity index (χ1v) is 10.9. The summed E-state index contributed by atoms with van der Waals surface area (Å²) in [6.07, 6.45) is 2.84. The number of carbonyl (C=O) groups excluding carboxylic acids is 1. The summed E-state index contributed by atoms with van der Waals surface area (Å²) in [5.41, 5.74) is -0.341. The van der Waals surface area contributed by atoms with Crippen LogP contribution >= 0.6 is 11.6 Å². The van der Waals surface area contributed by atoms with Crippen LogP contribution in [-0.4, -0.2) is 35.4 Å². The summed E-state index contributed by atoms with van der Waals surface area (Å²) >= 11 is 5.84. The molecule has 0 spiro atoms. The third-order valence-electron chi connectivity index (χ3n) is 4.31. The van der Waals surface area contributed by atoms with E-state index in [9.17, 15) is 23.3 Å². The van der Waals surface area contributed by atoms with E-state index in [-0.39, 0.29) is 23.7 Å². The number of anilines is 1. The van der Waals surface area contributed by atoms with Crippen LogP contribution < -0.4 is 10.0 Å². The van der Waals surface area contributed by atoms with E-state index in [0.717, 1.165) is 6.07 Å². The first-order chi connectivity index (χ1) is 15.2. The summed E-state index contributed by atoms with van der Waals surface area (Å²) in [5.74, 6) is 0.0578. The van der Waals surface area contributed by atoms with E-state index in [1.54, 1.807) is 19.2 Å². The maximum absolute atomic E-state index is 12.5. The topological polar surface area (TPSA) is 159 Å². The molecule has 2 aromatic heterocycles. The molecule has 0 saturated heterocycles. The Balaban J connectivity index is 1.63. The number of nitro groups is 1. The Morgan fingerprint density at radius 3 is 2.78 bits per heavy atom. The summed E-state index contributed by atoms with van der Waals surface area (Å²) in [5, 5.41) is 14.6. The van der Waals surface area contributed by atoms with Gasteiger partial charge in [0.15, 0.2) is 0 Å². The van der Waals surface area contributed by atoms with E-state index in [2.05, 4.69) is 15.0 Å². The third-order valence-corrected chi connectivity index (χ3v) is 6.06. The van der Waals surface area contributed by atoms with Crippen molar-refractivity contribution in [3.05, 3.63) is 69.6 Å². The van der Waals surface area contributed by atoms with Crippen LogP contribution in [-0.2, 0) is 39.8 Å². The molecule has 0 atom stereocenters. The lowest BCUT2D eigenvalue weighted by molar-refractivity contribution is -0.384. The highest BCUT2D eigenvalue weighted by Crippen LogP contribution is 2.28. The molecule has 3 aromatic rings. The predicted molar refractivity (Wildman–Crippen MR) is 112 cm³/mol. The van der Waals surface area contributed by atoms with Crippen LogP contribution in [0.2, 0.25) is 5.15 Å². The SMILES string of the molecule is Cn1c(Cl)cnc1COC(=O)CNS(=O)(=O)c1ccc(NCc2ccco2)c([N+](=O)[O-])c1. The number of hydrogen-bond acceptors (Lipinski definition) is 9. The maximum Gasteiger partial charge on any atom is 0.321 e. The molecule has 0 bridgehead atoms. The molecule has 14 heteroatoms. The van der Waals surface area contributed by atoms with Gasteiger partial charge < -0.3 is 19.0 Å². The number of ether oxygens (including phenoxy) is 1. The highest BCUT2D eigenvalue weighted by atomic mass is 35.5. The molecule has 32 heavy (non-hydrogen) atoms. The second kappa shape index (κ2) is 9.80. The van der Waals surface area contributed by atoms with Gasteiger partial charge in [-0.15, -0.1) is 0 Å². The molecule has 0 fully saturated rings. The average molecular weight is 484 g/mol. The quantitative estimate of drug-likeness (QED) is 0.250. The Morgan fingerprint density at radius 2 is 2.16 bits per heavy atom. The molecule has 0 amide bonds. The van der Waals surface area contributed by atoms with Crippen LogP contribution in [0.4, 0.5) is 11.4 Å². The van der Waals surface area contributed by atoms with Gasteiger partial charge in [-0.25, -0.2) is 13.4 Å². The minimum Gasteiger partial charge on any atom is -0.467 e. The molecular formula is C18H18ClN5O7S. The number of nitrogens with zero attached hydrogens (tertiary/aromatic N) is 3. The molecule has 0 aliphatic carbocycles. The molecule has 0 saturated carbocycles. The number of benzene rings is 1. The number of carbonyl (C=O) groups is 1. The fourth-order valence-corrected chi connectivity index (χ4v) is 3.70. The number of sulfonamides is 1. The zero-order valence-corrected chi connectivity index (χ0v) is 18.2. The number of furan rings is 1. The summed E-state index contributed by atoms with van der Waals surface area (Å²) in [4.78, 5) is 26.2. The van der Waals surface area contributed by atoms with Crippen molar-refractivity contribution in [2.45, 2.75) is 18.0 Å². The van der Waals surface area contributed by atoms with Gasteiger partial charge in [0.2, 0.25) is 10.0 Å². The first-order valence-electron chi connectivity index (χ1n) is 9.03. The number of rotatable bonds is 10. The van der Waals surface area contributed by atoms with Gasteiger partial charge in [0, 0.05) is 13.1 Å². The van der Waals surface area contributed by atoms with Crippen molar-refractivity contribution in [1.82, 2.24) is 14.3 Å². The van der Waals surface area contributed by atoms with E-state index >= 15 is 0 Å². The first kappa shape index (κ1) is 23.2. The molecule has 2 heterocycles. The van der Waals surface area contributed by atoms with E-state index in [1.807, 2.05) is 0 Å². The second-order valence-electron chi connectivity index (χ2n) is 6.41. The van der Waals surface area contributed by atoms with E-state index in [0.29, 0.717) is 16.7 Å². The number of imidazole rings is 1. The van der Waals surface area contributed by atoms with E-state index < -0.39 is 33.1 Å². The lowest BCUT2D eigenvalue weighted by Crippen LogP contribution is -2.30. The lowest BCUT2D eigenvalue weighted by atomic mass is 10.2. The summed E-state index contributed by atoms with van der Waals surface area (Å²) in [7, 11) is -2.59. The molecule has 0 aliphatic rings. The zero-order valence-electron chi connectivity index (χ0n) is 16.6. The number of hydrogen-bond donors (Lipinski definition) is 2. The van der Waals surface area contributed by atoms with Gasteiger partial charge >= 0.3 is 5.97 Å². The standard InChI is InChI=1S/C18H18ClN5O7S/c1-23-16(19)9-21-17(23)11-31-18(25)10-22-32(28,29)13-4-5-14(15(7-13)24(26)27)20-8-12-3-2-6-30-12/h2-7,9,20,22H,8,10-11H2,1H3. The van der Waals surface area contributed by atoms with Crippen molar-refractivity contribution in [1.29, 1.82) is 0 Å². The van der Waals surface area contributed by atoms with Crippen molar-refractivity contribution >= 4 is 39.0 Å². The summed E-state index contributed by atoms with van der Waals surface area (Å²) in [6, 6.07) is 6.69. The second-order valence-corrected chi connectivity index (χ2v) is 8.56. The zero-order chi connectivity index (χ0) is 23.3. The van der Waals surface area contributed by atoms with Crippen molar-refractivity contribution in [3.63, 3.8) is 0 Å². The predicted octanol–water partition coefficient (Wildman–Crippen LogP) is 2.21. The Morgan fingerprint density at radius 1 is 1.38 bits per heavy atom. The van der Waals surface area contributed by atoms with Gasteiger partial charge in [-0.3, -0.25) is 14.9 Å². The molecular weight excluding hydrogens is 466 g/mol. The van der Waals surface area contributed by atoms with Crippen LogP contribution in [0.25, 0.3) is 0 Å². The molecule has 0 radical (unpaired) electrons. The van der Waals surface area contributed by atoms with Gasteiger partial charge in [0.05, 0.1) is 28.8 Å². The molecule has 2 N–H and O–H groups in total. The van der Waals surface area contributed by atoms with Crippen molar-refractivity contribution in [2.75, 3.05) is 11.9 Å². The van der Waals surface area contributed by atoms with Gasteiger partial charge in [0.1, 0.15) is 35.6 Å². The van der Waals surface area contributed by atoms with Crippen molar-refractivity contribution < 1.29 is 27.3 Å². The van der Waals surface area contributed by atoms with Gasteiger partial charge in [-0.05, 0) is 24.3 Å². The van der Waals surface area contributed by atoms with Crippen LogP contribution in [0.1, 0.15) is 11.6 Å². The van der Waals surface area contributed by atoms with Gasteiger partial charge in [0.25, 0.3) is 5.69 Å². The van der Waals surface area contributed by atoms with E-state index in [4.69, 9.17) is 20.8 Å². The summed E-state index contributed by atoms with van der Waals surface area (Å²) < 4.78 is 38.7. The minimum absolute atomic E-state index is 0.110. The Bertz CT molecular complexity index is 1220. The van der Waals surface area contributed by atoms with Crippen molar-refractivity contribution in [2.24, 2.45) is 7.05 Å². The molecule has 0 aliphatic heterocycles. The Labute approximate surface area is 187 Å². The van der Waals surface area contributed by atoms with Crippen LogP contribution in [0, 0.1) is 10.1 Å². The minimum atomic E-state index is -4.22. The fraction of sp³-hybridized carbons (Fsp3) is 0.222. The number of halogens is 1. The van der Waals surface area contributed by atoms with Gasteiger partial charge in [-0.1, -0.05) is 11.6 Å². The molecule has 12 nitrogen and oxygen atoms in total. The summed E-state index contributed by atoms with van der Waals surface area (Å²) in [6.45, 7) is -0.705. The van der Waals surface area contributed by atoms with Crippen LogP contribution in [0.5, 0.6) is 0 Å². The van der Waals surface area contributed by atoms with Crippen LogP contribution in [0.15, 0.2) is 52.1 Å². The smallest absolute Gasteiger partial charge is 0.321 e. The lowest BCUT2D eigenvalue weighted by Gasteiger charge is -2.10. The van der Waals surface area contributed by atoms with Crippen LogP contribution in [0.3, 0.4) is 0 Å². The third kappa shape index (κ3) is 5.63. The normalized spacial score (nSPS) is 11.3. The van der Waals surface area contributed by atoms with E-state index in [1.165, 1.54) is 29.2 Å². The fourth-order valence-electron chi connectivity index (χ4n) is 2.57. The number of nitrogens with one attached hydrogen (secondary N) is 2. The average Bonchev–Trinajstić information content (AvgIpc) is 3.39. The monoisotopic (exact) mass is 483 g/mol. The maximum atomic E-state index is 12.5. The molecule has 1 aromatic carbocycles.